The standard InChI is InChI=1S/C23H21N5O2/c1-14-7-6-8-16(13-14)28-21-19(23(29)27(11-12-30-3)15(2)24-21)20-22(28)26-18-10-5-4-9-17(18)25-20/h4-10,13H,11-12H2,1-3H3. The Morgan fingerprint density at radius 2 is 1.70 bits per heavy atom. The maximum atomic E-state index is 13.5. The van der Waals surface area contributed by atoms with Crippen molar-refractivity contribution in [1.82, 2.24) is 24.1 Å². The molecule has 0 aliphatic heterocycles. The Labute approximate surface area is 172 Å². The van der Waals surface area contributed by atoms with Crippen molar-refractivity contribution in [2.24, 2.45) is 0 Å². The van der Waals surface area contributed by atoms with Crippen LogP contribution in [0.2, 0.25) is 0 Å². The second-order valence-electron chi connectivity index (χ2n) is 7.37. The molecule has 3 heterocycles. The lowest BCUT2D eigenvalue weighted by atomic mass is 10.2. The summed E-state index contributed by atoms with van der Waals surface area (Å²) in [6.45, 7) is 4.74. The van der Waals surface area contributed by atoms with E-state index in [1.165, 1.54) is 0 Å². The van der Waals surface area contributed by atoms with Gasteiger partial charge in [0.1, 0.15) is 16.7 Å². The zero-order valence-corrected chi connectivity index (χ0v) is 17.1. The van der Waals surface area contributed by atoms with Gasteiger partial charge in [-0.3, -0.25) is 13.9 Å². The van der Waals surface area contributed by atoms with Gasteiger partial charge < -0.3 is 4.74 Å². The van der Waals surface area contributed by atoms with Gasteiger partial charge in [0.2, 0.25) is 0 Å². The van der Waals surface area contributed by atoms with Crippen LogP contribution >= 0.6 is 0 Å². The summed E-state index contributed by atoms with van der Waals surface area (Å²) >= 11 is 0. The van der Waals surface area contributed by atoms with Crippen LogP contribution in [0.1, 0.15) is 11.4 Å². The summed E-state index contributed by atoms with van der Waals surface area (Å²) in [6, 6.07) is 15.8. The maximum Gasteiger partial charge on any atom is 0.265 e. The molecule has 0 bridgehead atoms. The average molecular weight is 399 g/mol. The number of rotatable bonds is 4. The molecule has 0 aliphatic rings. The summed E-state index contributed by atoms with van der Waals surface area (Å²) in [5.41, 5.74) is 5.17. The highest BCUT2D eigenvalue weighted by molar-refractivity contribution is 6.05. The number of hydrogen-bond donors (Lipinski definition) is 0. The molecule has 0 amide bonds. The third-order valence-corrected chi connectivity index (χ3v) is 5.33. The van der Waals surface area contributed by atoms with E-state index in [9.17, 15) is 4.79 Å². The topological polar surface area (TPSA) is 74.8 Å². The maximum absolute atomic E-state index is 13.5. The van der Waals surface area contributed by atoms with Crippen LogP contribution in [0.15, 0.2) is 53.3 Å². The summed E-state index contributed by atoms with van der Waals surface area (Å²) in [5.74, 6) is 0.630. The Bertz CT molecular complexity index is 1480. The smallest absolute Gasteiger partial charge is 0.265 e. The molecule has 5 rings (SSSR count). The first-order valence-corrected chi connectivity index (χ1v) is 9.83. The van der Waals surface area contributed by atoms with E-state index in [0.29, 0.717) is 41.2 Å². The molecule has 2 aromatic carbocycles. The molecular weight excluding hydrogens is 378 g/mol. The van der Waals surface area contributed by atoms with Crippen molar-refractivity contribution in [2.75, 3.05) is 13.7 Å². The molecule has 0 aliphatic carbocycles. The van der Waals surface area contributed by atoms with Gasteiger partial charge in [-0.15, -0.1) is 0 Å². The summed E-state index contributed by atoms with van der Waals surface area (Å²) < 4.78 is 8.76. The Kier molecular flexibility index (Phi) is 4.33. The number of benzene rings is 2. The number of para-hydroxylation sites is 2. The number of aryl methyl sites for hydroxylation is 2. The summed E-state index contributed by atoms with van der Waals surface area (Å²) in [4.78, 5) is 28.0. The van der Waals surface area contributed by atoms with E-state index in [2.05, 4.69) is 6.07 Å². The largest absolute Gasteiger partial charge is 0.383 e. The monoisotopic (exact) mass is 399 g/mol. The van der Waals surface area contributed by atoms with E-state index in [0.717, 1.165) is 22.3 Å². The molecule has 0 N–H and O–H groups in total. The van der Waals surface area contributed by atoms with E-state index in [-0.39, 0.29) is 5.56 Å². The van der Waals surface area contributed by atoms with Crippen molar-refractivity contribution >= 4 is 33.2 Å². The first-order chi connectivity index (χ1) is 14.6. The number of fused-ring (bicyclic) bond motifs is 4. The van der Waals surface area contributed by atoms with Gasteiger partial charge in [-0.2, -0.15) is 0 Å². The van der Waals surface area contributed by atoms with Gasteiger partial charge >= 0.3 is 0 Å². The van der Waals surface area contributed by atoms with Crippen molar-refractivity contribution in [1.29, 1.82) is 0 Å². The van der Waals surface area contributed by atoms with E-state index in [1.54, 1.807) is 11.7 Å². The van der Waals surface area contributed by atoms with Gasteiger partial charge in [0.15, 0.2) is 11.3 Å². The van der Waals surface area contributed by atoms with Gasteiger partial charge in [-0.1, -0.05) is 24.3 Å². The van der Waals surface area contributed by atoms with E-state index in [1.807, 2.05) is 60.9 Å². The van der Waals surface area contributed by atoms with Crippen molar-refractivity contribution < 1.29 is 4.74 Å². The zero-order valence-electron chi connectivity index (χ0n) is 17.1. The third kappa shape index (κ3) is 2.78. The minimum absolute atomic E-state index is 0.129. The van der Waals surface area contributed by atoms with Crippen LogP contribution in [0.5, 0.6) is 0 Å². The number of methoxy groups -OCH3 is 1. The lowest BCUT2D eigenvalue weighted by Gasteiger charge is -2.10. The Hall–Kier alpha value is -3.58. The molecule has 0 fully saturated rings. The number of hydrogen-bond acceptors (Lipinski definition) is 5. The molecule has 7 heteroatoms. The number of ether oxygens (including phenoxy) is 1. The summed E-state index contributed by atoms with van der Waals surface area (Å²) in [7, 11) is 1.62. The normalized spacial score (nSPS) is 11.7. The van der Waals surface area contributed by atoms with Gasteiger partial charge in [-0.05, 0) is 43.7 Å². The molecule has 7 nitrogen and oxygen atoms in total. The van der Waals surface area contributed by atoms with Crippen LogP contribution in [-0.2, 0) is 11.3 Å². The summed E-state index contributed by atoms with van der Waals surface area (Å²) in [5, 5.41) is 0.478. The fraction of sp³-hybridized carbons (Fsp3) is 0.217. The lowest BCUT2D eigenvalue weighted by molar-refractivity contribution is 0.185. The Balaban J connectivity index is 1.98. The molecule has 0 radical (unpaired) electrons. The van der Waals surface area contributed by atoms with Gasteiger partial charge in [-0.25, -0.2) is 15.0 Å². The molecular formula is C23H21N5O2. The molecule has 150 valence electrons. The van der Waals surface area contributed by atoms with Crippen molar-refractivity contribution in [3.05, 3.63) is 70.3 Å². The van der Waals surface area contributed by atoms with Crippen LogP contribution < -0.4 is 5.56 Å². The first kappa shape index (κ1) is 18.4. The second kappa shape index (κ2) is 7.03. The third-order valence-electron chi connectivity index (χ3n) is 5.33. The van der Waals surface area contributed by atoms with Crippen LogP contribution in [0, 0.1) is 13.8 Å². The van der Waals surface area contributed by atoms with Crippen molar-refractivity contribution in [2.45, 2.75) is 20.4 Å². The fourth-order valence-electron chi connectivity index (χ4n) is 3.89. The average Bonchev–Trinajstić information content (AvgIpc) is 3.04. The highest BCUT2D eigenvalue weighted by atomic mass is 16.5. The van der Waals surface area contributed by atoms with Gasteiger partial charge in [0, 0.05) is 12.8 Å². The number of nitrogens with zero attached hydrogens (tertiary/aromatic N) is 5. The molecule has 5 aromatic rings. The number of aromatic nitrogens is 5. The van der Waals surface area contributed by atoms with Crippen molar-refractivity contribution in [3.63, 3.8) is 0 Å². The van der Waals surface area contributed by atoms with Crippen LogP contribution in [0.3, 0.4) is 0 Å². The SMILES string of the molecule is COCCn1c(C)nc2c(c1=O)c1nc3ccccc3nc1n2-c1cccc(C)c1. The molecule has 0 unspecified atom stereocenters. The van der Waals surface area contributed by atoms with Crippen molar-refractivity contribution in [3.8, 4) is 5.69 Å². The first-order valence-electron chi connectivity index (χ1n) is 9.83. The highest BCUT2D eigenvalue weighted by Crippen LogP contribution is 2.28. The van der Waals surface area contributed by atoms with Crippen LogP contribution in [0.25, 0.3) is 38.9 Å². The molecule has 0 atom stereocenters. The Morgan fingerprint density at radius 1 is 0.933 bits per heavy atom. The predicted molar refractivity (Wildman–Crippen MR) is 117 cm³/mol. The fourth-order valence-corrected chi connectivity index (χ4v) is 3.89. The second-order valence-corrected chi connectivity index (χ2v) is 7.37. The van der Waals surface area contributed by atoms with E-state index in [4.69, 9.17) is 19.7 Å². The van der Waals surface area contributed by atoms with Crippen LogP contribution in [-0.4, -0.2) is 37.8 Å². The minimum atomic E-state index is -0.129. The molecule has 3 aromatic heterocycles. The minimum Gasteiger partial charge on any atom is -0.383 e. The predicted octanol–water partition coefficient (Wildman–Crippen LogP) is 3.55. The molecule has 0 saturated heterocycles. The molecule has 30 heavy (non-hydrogen) atoms. The Morgan fingerprint density at radius 3 is 2.43 bits per heavy atom. The van der Waals surface area contributed by atoms with E-state index >= 15 is 0 Å². The van der Waals surface area contributed by atoms with Crippen LogP contribution in [0.4, 0.5) is 0 Å². The van der Waals surface area contributed by atoms with Gasteiger partial charge in [0.05, 0.1) is 24.2 Å². The highest BCUT2D eigenvalue weighted by Gasteiger charge is 2.22. The van der Waals surface area contributed by atoms with E-state index < -0.39 is 0 Å². The van der Waals surface area contributed by atoms with Gasteiger partial charge in [0.25, 0.3) is 5.56 Å². The molecule has 0 saturated carbocycles. The lowest BCUT2D eigenvalue weighted by Crippen LogP contribution is -2.25. The molecule has 0 spiro atoms. The quantitative estimate of drug-likeness (QED) is 0.462. The zero-order chi connectivity index (χ0) is 20.8. The summed E-state index contributed by atoms with van der Waals surface area (Å²) in [6.07, 6.45) is 0.